The van der Waals surface area contributed by atoms with Gasteiger partial charge in [0.25, 0.3) is 0 Å². The topological polar surface area (TPSA) is 73.1 Å². The average Bonchev–Trinajstić information content (AvgIpc) is 3.14. The number of aryl methyl sites for hydroxylation is 2. The molecule has 0 amide bonds. The van der Waals surface area contributed by atoms with E-state index in [0.717, 1.165) is 43.1 Å². The van der Waals surface area contributed by atoms with Crippen molar-refractivity contribution in [1.82, 2.24) is 20.4 Å². The van der Waals surface area contributed by atoms with Gasteiger partial charge in [-0.05, 0) is 50.4 Å². The minimum absolute atomic E-state index is 0.178. The van der Waals surface area contributed by atoms with Crippen LogP contribution in [0, 0.1) is 19.8 Å². The third kappa shape index (κ3) is 2.14. The van der Waals surface area contributed by atoms with Gasteiger partial charge in [0.05, 0.1) is 12.0 Å². The van der Waals surface area contributed by atoms with E-state index in [4.69, 9.17) is 9.26 Å². The Labute approximate surface area is 129 Å². The van der Waals surface area contributed by atoms with Crippen LogP contribution in [-0.4, -0.2) is 41.4 Å². The fourth-order valence-corrected chi connectivity index (χ4v) is 3.63. The van der Waals surface area contributed by atoms with Crippen LogP contribution >= 0.6 is 0 Å². The summed E-state index contributed by atoms with van der Waals surface area (Å²) in [6, 6.07) is 4.02. The standard InChI is InChI=1S/C16H20N4O2/c1-10-5-11(2)18-13(6-10)14-19-15(22-20-14)16-8-17-7-12(16)3-4-21-9-16/h5-6,12,17H,3-4,7-9H2,1-2H3/t12-,16+/m1/s1. The van der Waals surface area contributed by atoms with Gasteiger partial charge in [0.1, 0.15) is 5.69 Å². The first-order valence-electron chi connectivity index (χ1n) is 7.76. The van der Waals surface area contributed by atoms with Crippen molar-refractivity contribution in [2.45, 2.75) is 25.7 Å². The Bertz CT molecular complexity index is 679. The van der Waals surface area contributed by atoms with Gasteiger partial charge in [-0.15, -0.1) is 0 Å². The van der Waals surface area contributed by atoms with E-state index in [1.54, 1.807) is 0 Å². The van der Waals surface area contributed by atoms with Crippen molar-refractivity contribution in [1.29, 1.82) is 0 Å². The van der Waals surface area contributed by atoms with Crippen LogP contribution in [0.25, 0.3) is 11.5 Å². The third-order valence-corrected chi connectivity index (χ3v) is 4.76. The fourth-order valence-electron chi connectivity index (χ4n) is 3.63. The lowest BCUT2D eigenvalue weighted by Gasteiger charge is -2.34. The van der Waals surface area contributed by atoms with Crippen molar-refractivity contribution < 1.29 is 9.26 Å². The molecule has 0 aromatic carbocycles. The summed E-state index contributed by atoms with van der Waals surface area (Å²) in [5, 5.41) is 7.61. The Hall–Kier alpha value is -1.79. The highest BCUT2D eigenvalue weighted by atomic mass is 16.5. The number of hydrogen-bond donors (Lipinski definition) is 1. The number of pyridine rings is 1. The molecule has 2 aromatic heterocycles. The Morgan fingerprint density at radius 3 is 3.05 bits per heavy atom. The Morgan fingerprint density at radius 2 is 2.18 bits per heavy atom. The molecular weight excluding hydrogens is 280 g/mol. The van der Waals surface area contributed by atoms with Crippen molar-refractivity contribution in [3.05, 3.63) is 29.3 Å². The molecule has 22 heavy (non-hydrogen) atoms. The van der Waals surface area contributed by atoms with E-state index in [1.807, 2.05) is 26.0 Å². The molecule has 0 bridgehead atoms. The van der Waals surface area contributed by atoms with Crippen molar-refractivity contribution in [2.75, 3.05) is 26.3 Å². The molecule has 0 aliphatic carbocycles. The molecule has 2 aliphatic rings. The number of ether oxygens (including phenoxy) is 1. The number of hydrogen-bond acceptors (Lipinski definition) is 6. The molecule has 2 atom stereocenters. The maximum atomic E-state index is 5.71. The first kappa shape index (κ1) is 13.8. The van der Waals surface area contributed by atoms with Crippen LogP contribution < -0.4 is 5.32 Å². The van der Waals surface area contributed by atoms with Crippen LogP contribution in [0.1, 0.15) is 23.6 Å². The summed E-state index contributed by atoms with van der Waals surface area (Å²) in [6.07, 6.45) is 1.03. The van der Waals surface area contributed by atoms with Gasteiger partial charge in [0.2, 0.25) is 11.7 Å². The highest BCUT2D eigenvalue weighted by molar-refractivity contribution is 5.50. The number of rotatable bonds is 2. The lowest BCUT2D eigenvalue weighted by molar-refractivity contribution is 0.00198. The molecule has 2 aromatic rings. The van der Waals surface area contributed by atoms with E-state index in [2.05, 4.69) is 20.4 Å². The van der Waals surface area contributed by atoms with Crippen molar-refractivity contribution in [3.63, 3.8) is 0 Å². The molecule has 1 N–H and O–H groups in total. The second kappa shape index (κ2) is 5.14. The van der Waals surface area contributed by atoms with Crippen LogP contribution in [0.2, 0.25) is 0 Å². The zero-order valence-electron chi connectivity index (χ0n) is 12.9. The van der Waals surface area contributed by atoms with E-state index in [1.165, 1.54) is 0 Å². The first-order chi connectivity index (χ1) is 10.7. The highest BCUT2D eigenvalue weighted by Crippen LogP contribution is 2.40. The van der Waals surface area contributed by atoms with Gasteiger partial charge in [0, 0.05) is 18.8 Å². The highest BCUT2D eigenvalue weighted by Gasteiger charge is 2.50. The molecule has 0 radical (unpaired) electrons. The molecule has 0 unspecified atom stereocenters. The molecule has 2 fully saturated rings. The first-order valence-corrected chi connectivity index (χ1v) is 7.76. The lowest BCUT2D eigenvalue weighted by Crippen LogP contribution is -2.44. The molecule has 0 saturated carbocycles. The number of aromatic nitrogens is 3. The van der Waals surface area contributed by atoms with Gasteiger partial charge in [0.15, 0.2) is 0 Å². The summed E-state index contributed by atoms with van der Waals surface area (Å²) in [4.78, 5) is 9.17. The molecule has 4 heterocycles. The van der Waals surface area contributed by atoms with E-state index >= 15 is 0 Å². The largest absolute Gasteiger partial charge is 0.380 e. The van der Waals surface area contributed by atoms with Gasteiger partial charge in [-0.2, -0.15) is 4.98 Å². The van der Waals surface area contributed by atoms with Crippen LogP contribution in [0.4, 0.5) is 0 Å². The maximum Gasteiger partial charge on any atom is 0.237 e. The van der Waals surface area contributed by atoms with E-state index < -0.39 is 0 Å². The molecule has 2 saturated heterocycles. The minimum Gasteiger partial charge on any atom is -0.380 e. The SMILES string of the molecule is Cc1cc(C)nc(-c2noc([C@]34CNC[C@H]3CCOC4)n2)c1. The van der Waals surface area contributed by atoms with Gasteiger partial charge in [-0.25, -0.2) is 4.98 Å². The number of nitrogens with one attached hydrogen (secondary N) is 1. The number of nitrogens with zero attached hydrogens (tertiary/aromatic N) is 3. The summed E-state index contributed by atoms with van der Waals surface area (Å²) in [5.74, 6) is 1.74. The summed E-state index contributed by atoms with van der Waals surface area (Å²) in [7, 11) is 0. The second-order valence-electron chi connectivity index (χ2n) is 6.42. The van der Waals surface area contributed by atoms with Gasteiger partial charge in [-0.3, -0.25) is 0 Å². The zero-order chi connectivity index (χ0) is 15.2. The Kier molecular flexibility index (Phi) is 3.23. The van der Waals surface area contributed by atoms with Crippen LogP contribution in [0.15, 0.2) is 16.7 Å². The normalized spacial score (nSPS) is 27.8. The molecule has 2 aliphatic heterocycles. The zero-order valence-corrected chi connectivity index (χ0v) is 12.9. The maximum absolute atomic E-state index is 5.71. The summed E-state index contributed by atoms with van der Waals surface area (Å²) >= 11 is 0. The molecule has 4 rings (SSSR count). The average molecular weight is 300 g/mol. The van der Waals surface area contributed by atoms with Crippen molar-refractivity contribution in [3.8, 4) is 11.5 Å². The second-order valence-corrected chi connectivity index (χ2v) is 6.42. The molecule has 6 nitrogen and oxygen atoms in total. The number of fused-ring (bicyclic) bond motifs is 1. The quantitative estimate of drug-likeness (QED) is 0.908. The Morgan fingerprint density at radius 1 is 1.27 bits per heavy atom. The van der Waals surface area contributed by atoms with Crippen molar-refractivity contribution in [2.24, 2.45) is 5.92 Å². The van der Waals surface area contributed by atoms with Gasteiger partial charge >= 0.3 is 0 Å². The monoisotopic (exact) mass is 300 g/mol. The molecular formula is C16H20N4O2. The fraction of sp³-hybridized carbons (Fsp3) is 0.562. The summed E-state index contributed by atoms with van der Waals surface area (Å²) in [5.41, 5.74) is 2.69. The van der Waals surface area contributed by atoms with Crippen LogP contribution in [-0.2, 0) is 10.2 Å². The predicted molar refractivity (Wildman–Crippen MR) is 80.5 cm³/mol. The minimum atomic E-state index is -0.178. The summed E-state index contributed by atoms with van der Waals surface area (Å²) < 4.78 is 11.3. The third-order valence-electron chi connectivity index (χ3n) is 4.76. The van der Waals surface area contributed by atoms with Crippen LogP contribution in [0.3, 0.4) is 0 Å². The predicted octanol–water partition coefficient (Wildman–Crippen LogP) is 1.63. The molecule has 6 heteroatoms. The van der Waals surface area contributed by atoms with E-state index in [0.29, 0.717) is 24.2 Å². The van der Waals surface area contributed by atoms with E-state index in [9.17, 15) is 0 Å². The smallest absolute Gasteiger partial charge is 0.237 e. The molecule has 0 spiro atoms. The lowest BCUT2D eigenvalue weighted by atomic mass is 9.75. The van der Waals surface area contributed by atoms with Crippen molar-refractivity contribution >= 4 is 0 Å². The van der Waals surface area contributed by atoms with Gasteiger partial charge in [-0.1, -0.05) is 5.16 Å². The Balaban J connectivity index is 1.72. The summed E-state index contributed by atoms with van der Waals surface area (Å²) in [6.45, 7) is 7.30. The van der Waals surface area contributed by atoms with Gasteiger partial charge < -0.3 is 14.6 Å². The van der Waals surface area contributed by atoms with E-state index in [-0.39, 0.29) is 5.41 Å². The van der Waals surface area contributed by atoms with Crippen LogP contribution in [0.5, 0.6) is 0 Å². The molecule has 116 valence electrons.